The number of ketones is 1. The summed E-state index contributed by atoms with van der Waals surface area (Å²) >= 11 is 0. The lowest BCUT2D eigenvalue weighted by molar-refractivity contribution is -0.113. The van der Waals surface area contributed by atoms with Crippen LogP contribution in [-0.4, -0.2) is 10.9 Å². The van der Waals surface area contributed by atoms with Gasteiger partial charge in [0.05, 0.1) is 0 Å². The van der Waals surface area contributed by atoms with Crippen LogP contribution in [0.25, 0.3) is 6.08 Å². The second-order valence-corrected chi connectivity index (χ2v) is 8.27. The molecule has 1 aliphatic carbocycles. The first kappa shape index (κ1) is 18.2. The summed E-state index contributed by atoms with van der Waals surface area (Å²) in [7, 11) is 0. The first-order chi connectivity index (χ1) is 10.9. The summed E-state index contributed by atoms with van der Waals surface area (Å²) in [6.45, 7) is 12.2. The monoisotopic (exact) mass is 328 g/mol. The summed E-state index contributed by atoms with van der Waals surface area (Å²) < 4.78 is 13.5. The molecule has 0 aliphatic heterocycles. The number of phenolic OH excluding ortho intramolecular Hbond substituents is 1. The Morgan fingerprint density at radius 3 is 1.96 bits per heavy atom. The van der Waals surface area contributed by atoms with Gasteiger partial charge in [0.25, 0.3) is 0 Å². The molecule has 0 saturated carbocycles. The molecule has 0 aromatic heterocycles. The number of benzene rings is 1. The SMILES string of the molecule is CC(C)(C)c1cc(/C=C2\C=CC=C(F)C2=O)cc(C(C)(C)C)c1O. The van der Waals surface area contributed by atoms with E-state index in [9.17, 15) is 14.3 Å². The Balaban J connectivity index is 2.66. The summed E-state index contributed by atoms with van der Waals surface area (Å²) in [4.78, 5) is 11.9. The van der Waals surface area contributed by atoms with E-state index in [1.54, 1.807) is 12.2 Å². The Kier molecular flexibility index (Phi) is 4.58. The molecule has 24 heavy (non-hydrogen) atoms. The zero-order chi connectivity index (χ0) is 18.3. The van der Waals surface area contributed by atoms with E-state index in [0.29, 0.717) is 5.57 Å². The van der Waals surface area contributed by atoms with Crippen LogP contribution in [0.1, 0.15) is 58.2 Å². The van der Waals surface area contributed by atoms with E-state index in [2.05, 4.69) is 0 Å². The summed E-state index contributed by atoms with van der Waals surface area (Å²) in [5, 5.41) is 10.7. The van der Waals surface area contributed by atoms with Gasteiger partial charge in [-0.05, 0) is 40.7 Å². The van der Waals surface area contributed by atoms with Crippen molar-refractivity contribution in [3.8, 4) is 5.75 Å². The Labute approximate surface area is 143 Å². The molecule has 0 amide bonds. The highest BCUT2D eigenvalue weighted by atomic mass is 19.1. The highest BCUT2D eigenvalue weighted by Crippen LogP contribution is 2.40. The zero-order valence-corrected chi connectivity index (χ0v) is 15.2. The van der Waals surface area contributed by atoms with Gasteiger partial charge in [0.2, 0.25) is 5.78 Å². The van der Waals surface area contributed by atoms with Crippen LogP contribution in [0.2, 0.25) is 0 Å². The molecule has 0 saturated heterocycles. The first-order valence-corrected chi connectivity index (χ1v) is 8.09. The molecule has 1 aromatic carbocycles. The molecule has 0 fully saturated rings. The summed E-state index contributed by atoms with van der Waals surface area (Å²) in [6, 6.07) is 3.74. The number of allylic oxidation sites excluding steroid dienone is 5. The van der Waals surface area contributed by atoms with E-state index in [-0.39, 0.29) is 16.6 Å². The topological polar surface area (TPSA) is 37.3 Å². The van der Waals surface area contributed by atoms with Gasteiger partial charge < -0.3 is 5.11 Å². The van der Waals surface area contributed by atoms with E-state index in [4.69, 9.17) is 0 Å². The molecule has 0 atom stereocenters. The van der Waals surface area contributed by atoms with E-state index >= 15 is 0 Å². The lowest BCUT2D eigenvalue weighted by Crippen LogP contribution is -2.17. The minimum absolute atomic E-state index is 0.254. The predicted molar refractivity (Wildman–Crippen MR) is 96.8 cm³/mol. The molecule has 3 heteroatoms. The van der Waals surface area contributed by atoms with Crippen LogP contribution in [0.15, 0.2) is 41.8 Å². The number of aromatic hydroxyl groups is 1. The maximum Gasteiger partial charge on any atom is 0.221 e. The van der Waals surface area contributed by atoms with Crippen LogP contribution >= 0.6 is 0 Å². The van der Waals surface area contributed by atoms with Gasteiger partial charge in [-0.15, -0.1) is 0 Å². The lowest BCUT2D eigenvalue weighted by Gasteiger charge is -2.28. The van der Waals surface area contributed by atoms with Crippen LogP contribution in [-0.2, 0) is 15.6 Å². The number of carbonyl (C=O) groups excluding carboxylic acids is 1. The Morgan fingerprint density at radius 1 is 1.00 bits per heavy atom. The number of hydrogen-bond acceptors (Lipinski definition) is 2. The average Bonchev–Trinajstić information content (AvgIpc) is 2.43. The maximum absolute atomic E-state index is 13.5. The zero-order valence-electron chi connectivity index (χ0n) is 15.2. The van der Waals surface area contributed by atoms with Crippen molar-refractivity contribution in [3.05, 3.63) is 58.5 Å². The van der Waals surface area contributed by atoms with Crippen molar-refractivity contribution in [2.45, 2.75) is 52.4 Å². The van der Waals surface area contributed by atoms with Crippen LogP contribution in [0.4, 0.5) is 4.39 Å². The van der Waals surface area contributed by atoms with Gasteiger partial charge >= 0.3 is 0 Å². The minimum atomic E-state index is -0.755. The van der Waals surface area contributed by atoms with Crippen molar-refractivity contribution in [3.63, 3.8) is 0 Å². The molecule has 1 aromatic rings. The quantitative estimate of drug-likeness (QED) is 0.704. The Hall–Kier alpha value is -2.16. The van der Waals surface area contributed by atoms with Crippen molar-refractivity contribution < 1.29 is 14.3 Å². The van der Waals surface area contributed by atoms with Crippen molar-refractivity contribution in [2.24, 2.45) is 0 Å². The Morgan fingerprint density at radius 2 is 1.50 bits per heavy atom. The molecule has 0 radical (unpaired) electrons. The van der Waals surface area contributed by atoms with Gasteiger partial charge in [-0.25, -0.2) is 4.39 Å². The third-order valence-electron chi connectivity index (χ3n) is 4.07. The van der Waals surface area contributed by atoms with Crippen LogP contribution in [0.3, 0.4) is 0 Å². The summed E-state index contributed by atoms with van der Waals surface area (Å²) in [5.74, 6) is -1.08. The van der Waals surface area contributed by atoms with E-state index in [1.807, 2.05) is 53.7 Å². The molecule has 0 spiro atoms. The first-order valence-electron chi connectivity index (χ1n) is 8.09. The maximum atomic E-state index is 13.5. The number of hydrogen-bond donors (Lipinski definition) is 1. The molecular weight excluding hydrogens is 303 g/mol. The largest absolute Gasteiger partial charge is 0.507 e. The van der Waals surface area contributed by atoms with E-state index in [1.165, 1.54) is 6.08 Å². The highest BCUT2D eigenvalue weighted by Gasteiger charge is 2.26. The molecule has 1 N–H and O–H groups in total. The van der Waals surface area contributed by atoms with Gasteiger partial charge in [-0.1, -0.05) is 53.7 Å². The fraction of sp³-hybridized carbons (Fsp3) is 0.381. The number of rotatable bonds is 1. The molecule has 0 heterocycles. The van der Waals surface area contributed by atoms with Crippen molar-refractivity contribution in [1.29, 1.82) is 0 Å². The molecule has 2 rings (SSSR count). The number of halogens is 1. The van der Waals surface area contributed by atoms with Gasteiger partial charge in [0.1, 0.15) is 5.75 Å². The molecular formula is C21H25FO2. The number of phenols is 1. The third-order valence-corrected chi connectivity index (χ3v) is 4.07. The van der Waals surface area contributed by atoms with Gasteiger partial charge in [-0.3, -0.25) is 4.79 Å². The van der Waals surface area contributed by atoms with Gasteiger partial charge in [-0.2, -0.15) is 0 Å². The van der Waals surface area contributed by atoms with Gasteiger partial charge in [0, 0.05) is 16.7 Å². The fourth-order valence-corrected chi connectivity index (χ4v) is 2.70. The Bertz CT molecular complexity index is 731. The van der Waals surface area contributed by atoms with Crippen molar-refractivity contribution in [2.75, 3.05) is 0 Å². The van der Waals surface area contributed by atoms with Crippen molar-refractivity contribution in [1.82, 2.24) is 0 Å². The van der Waals surface area contributed by atoms with E-state index in [0.717, 1.165) is 22.8 Å². The molecule has 128 valence electrons. The normalized spacial score (nSPS) is 17.4. The second-order valence-electron chi connectivity index (χ2n) is 8.27. The fourth-order valence-electron chi connectivity index (χ4n) is 2.70. The summed E-state index contributed by atoms with van der Waals surface area (Å²) in [6.07, 6.45) is 5.97. The van der Waals surface area contributed by atoms with E-state index < -0.39 is 11.6 Å². The summed E-state index contributed by atoms with van der Waals surface area (Å²) in [5.41, 5.74) is 2.20. The molecule has 2 nitrogen and oxygen atoms in total. The predicted octanol–water partition coefficient (Wildman–Crippen LogP) is 5.36. The highest BCUT2D eigenvalue weighted by molar-refractivity contribution is 6.12. The number of carbonyl (C=O) groups is 1. The second kappa shape index (κ2) is 6.04. The van der Waals surface area contributed by atoms with Gasteiger partial charge in [0.15, 0.2) is 5.83 Å². The standard InChI is InChI=1S/C21H25FO2/c1-20(2,3)15-11-13(12-16(19(15)24)21(4,5)6)10-14-8-7-9-17(22)18(14)23/h7-12,24H,1-6H3/b14-10+. The number of Topliss-reactive ketones (excluding diaryl/α,β-unsaturated/α-hetero) is 1. The molecule has 0 bridgehead atoms. The smallest absolute Gasteiger partial charge is 0.221 e. The molecule has 1 aliphatic rings. The lowest BCUT2D eigenvalue weighted by atomic mass is 9.78. The third kappa shape index (κ3) is 3.66. The minimum Gasteiger partial charge on any atom is -0.507 e. The molecule has 0 unspecified atom stereocenters. The van der Waals surface area contributed by atoms with Crippen LogP contribution in [0.5, 0.6) is 5.75 Å². The van der Waals surface area contributed by atoms with Crippen molar-refractivity contribution >= 4 is 11.9 Å². The van der Waals surface area contributed by atoms with Crippen LogP contribution in [0, 0.1) is 0 Å². The average molecular weight is 328 g/mol. The van der Waals surface area contributed by atoms with Crippen LogP contribution < -0.4 is 0 Å².